The maximum Gasteiger partial charge on any atom is 0.0781 e. The third-order valence-electron chi connectivity index (χ3n) is 1.37. The Morgan fingerprint density at radius 3 is 2.82 bits per heavy atom. The predicted octanol–water partition coefficient (Wildman–Crippen LogP) is 1.07. The van der Waals surface area contributed by atoms with Gasteiger partial charge in [0.1, 0.15) is 0 Å². The smallest absolute Gasteiger partial charge is 0.0781 e. The quantitative estimate of drug-likeness (QED) is 0.806. The highest BCUT2D eigenvalue weighted by atomic mass is 79.9. The molecule has 4 heteroatoms. The molecule has 1 heterocycles. The number of rotatable bonds is 2. The van der Waals surface area contributed by atoms with E-state index in [9.17, 15) is 0 Å². The summed E-state index contributed by atoms with van der Waals surface area (Å²) in [5, 5.41) is 4.24. The molecule has 1 aromatic heterocycles. The predicted molar refractivity (Wildman–Crippen MR) is 48.3 cm³/mol. The lowest BCUT2D eigenvalue weighted by atomic mass is 10.2. The Morgan fingerprint density at radius 1 is 1.82 bits per heavy atom. The maximum atomic E-state index is 5.63. The summed E-state index contributed by atoms with van der Waals surface area (Å²) < 4.78 is 2.82. The van der Waals surface area contributed by atoms with Gasteiger partial charge in [0, 0.05) is 25.7 Å². The molecule has 0 amide bonds. The first-order valence-corrected chi connectivity index (χ1v) is 4.32. The van der Waals surface area contributed by atoms with Crippen LogP contribution in [-0.4, -0.2) is 15.8 Å². The SMILES string of the molecule is CC(N)Cc1nn(C)cc1Br. The lowest BCUT2D eigenvalue weighted by Gasteiger charge is -2.00. The van der Waals surface area contributed by atoms with Gasteiger partial charge in [-0.05, 0) is 22.9 Å². The number of nitrogens with two attached hydrogens (primary N) is 1. The molecule has 1 unspecified atom stereocenters. The highest BCUT2D eigenvalue weighted by Gasteiger charge is 2.06. The van der Waals surface area contributed by atoms with E-state index in [0.29, 0.717) is 0 Å². The molecule has 1 rings (SSSR count). The van der Waals surface area contributed by atoms with E-state index in [1.165, 1.54) is 0 Å². The number of hydrogen-bond acceptors (Lipinski definition) is 2. The summed E-state index contributed by atoms with van der Waals surface area (Å²) in [6.07, 6.45) is 2.75. The molecule has 2 N–H and O–H groups in total. The van der Waals surface area contributed by atoms with E-state index in [2.05, 4.69) is 21.0 Å². The fourth-order valence-electron chi connectivity index (χ4n) is 0.949. The van der Waals surface area contributed by atoms with E-state index in [1.807, 2.05) is 20.2 Å². The molecule has 0 spiro atoms. The van der Waals surface area contributed by atoms with Crippen LogP contribution < -0.4 is 5.73 Å². The molecule has 0 fully saturated rings. The second-order valence-electron chi connectivity index (χ2n) is 2.78. The van der Waals surface area contributed by atoms with Crippen LogP contribution in [0, 0.1) is 0 Å². The van der Waals surface area contributed by atoms with Gasteiger partial charge in [-0.1, -0.05) is 0 Å². The summed E-state index contributed by atoms with van der Waals surface area (Å²) >= 11 is 3.41. The molecule has 0 aliphatic carbocycles. The molecule has 3 nitrogen and oxygen atoms in total. The normalized spacial score (nSPS) is 13.5. The van der Waals surface area contributed by atoms with Gasteiger partial charge in [0.25, 0.3) is 0 Å². The van der Waals surface area contributed by atoms with Crippen molar-refractivity contribution in [3.63, 3.8) is 0 Å². The topological polar surface area (TPSA) is 43.8 Å². The molecule has 0 saturated carbocycles. The fourth-order valence-corrected chi connectivity index (χ4v) is 1.49. The van der Waals surface area contributed by atoms with E-state index in [1.54, 1.807) is 4.68 Å². The summed E-state index contributed by atoms with van der Waals surface area (Å²) in [5.41, 5.74) is 6.66. The zero-order valence-electron chi connectivity index (χ0n) is 6.71. The van der Waals surface area contributed by atoms with Crippen molar-refractivity contribution in [2.45, 2.75) is 19.4 Å². The Balaban J connectivity index is 2.77. The summed E-state index contributed by atoms with van der Waals surface area (Å²) in [4.78, 5) is 0. The number of halogens is 1. The minimum absolute atomic E-state index is 0.168. The number of aryl methyl sites for hydroxylation is 1. The second kappa shape index (κ2) is 3.36. The Hall–Kier alpha value is -0.350. The van der Waals surface area contributed by atoms with Crippen LogP contribution in [0.4, 0.5) is 0 Å². The van der Waals surface area contributed by atoms with Gasteiger partial charge < -0.3 is 5.73 Å². The first kappa shape index (κ1) is 8.74. The Bertz CT molecular complexity index is 242. The Morgan fingerprint density at radius 2 is 2.45 bits per heavy atom. The van der Waals surface area contributed by atoms with Crippen LogP contribution in [0.2, 0.25) is 0 Å². The van der Waals surface area contributed by atoms with Gasteiger partial charge in [0.05, 0.1) is 10.2 Å². The van der Waals surface area contributed by atoms with Crippen molar-refractivity contribution in [2.75, 3.05) is 0 Å². The van der Waals surface area contributed by atoms with Crippen LogP contribution >= 0.6 is 15.9 Å². The summed E-state index contributed by atoms with van der Waals surface area (Å²) in [6.45, 7) is 1.97. The van der Waals surface area contributed by atoms with Gasteiger partial charge in [-0.25, -0.2) is 0 Å². The molecule has 0 aromatic carbocycles. The number of aromatic nitrogens is 2. The minimum Gasteiger partial charge on any atom is -0.328 e. The van der Waals surface area contributed by atoms with Crippen LogP contribution in [0.5, 0.6) is 0 Å². The second-order valence-corrected chi connectivity index (χ2v) is 3.63. The first-order valence-electron chi connectivity index (χ1n) is 3.53. The minimum atomic E-state index is 0.168. The molecule has 0 saturated heterocycles. The monoisotopic (exact) mass is 217 g/mol. The maximum absolute atomic E-state index is 5.63. The standard InChI is InChI=1S/C7H12BrN3/c1-5(9)3-7-6(8)4-11(2)10-7/h4-5H,3,9H2,1-2H3. The van der Waals surface area contributed by atoms with E-state index in [-0.39, 0.29) is 6.04 Å². The van der Waals surface area contributed by atoms with Gasteiger partial charge in [-0.15, -0.1) is 0 Å². The van der Waals surface area contributed by atoms with Crippen LogP contribution in [0.15, 0.2) is 10.7 Å². The molecule has 62 valence electrons. The molecular weight excluding hydrogens is 206 g/mol. The molecular formula is C7H12BrN3. The van der Waals surface area contributed by atoms with E-state index >= 15 is 0 Å². The van der Waals surface area contributed by atoms with Crippen molar-refractivity contribution in [1.29, 1.82) is 0 Å². The van der Waals surface area contributed by atoms with Gasteiger partial charge >= 0.3 is 0 Å². The van der Waals surface area contributed by atoms with Crippen molar-refractivity contribution in [3.05, 3.63) is 16.4 Å². The number of nitrogens with zero attached hydrogens (tertiary/aromatic N) is 2. The lowest BCUT2D eigenvalue weighted by molar-refractivity contribution is 0.685. The van der Waals surface area contributed by atoms with Gasteiger partial charge in [-0.3, -0.25) is 4.68 Å². The molecule has 0 aliphatic heterocycles. The van der Waals surface area contributed by atoms with Crippen molar-refractivity contribution in [1.82, 2.24) is 9.78 Å². The zero-order valence-corrected chi connectivity index (χ0v) is 8.30. The van der Waals surface area contributed by atoms with Gasteiger partial charge in [-0.2, -0.15) is 5.10 Å². The average Bonchev–Trinajstić information content (AvgIpc) is 2.09. The Kier molecular flexibility index (Phi) is 2.67. The zero-order chi connectivity index (χ0) is 8.43. The molecule has 0 radical (unpaired) electrons. The van der Waals surface area contributed by atoms with Crippen molar-refractivity contribution in [2.24, 2.45) is 12.8 Å². The highest BCUT2D eigenvalue weighted by Crippen LogP contribution is 2.14. The molecule has 11 heavy (non-hydrogen) atoms. The van der Waals surface area contributed by atoms with Crippen LogP contribution in [0.3, 0.4) is 0 Å². The molecule has 1 atom stereocenters. The van der Waals surface area contributed by atoms with E-state index in [0.717, 1.165) is 16.6 Å². The number of hydrogen-bond donors (Lipinski definition) is 1. The van der Waals surface area contributed by atoms with Gasteiger partial charge in [0.2, 0.25) is 0 Å². The highest BCUT2D eigenvalue weighted by molar-refractivity contribution is 9.10. The molecule has 1 aromatic rings. The molecule has 0 bridgehead atoms. The lowest BCUT2D eigenvalue weighted by Crippen LogP contribution is -2.18. The Labute approximate surface area is 74.7 Å². The largest absolute Gasteiger partial charge is 0.328 e. The average molecular weight is 218 g/mol. The van der Waals surface area contributed by atoms with Crippen LogP contribution in [0.25, 0.3) is 0 Å². The fraction of sp³-hybridized carbons (Fsp3) is 0.571. The third kappa shape index (κ3) is 2.31. The van der Waals surface area contributed by atoms with Crippen LogP contribution in [-0.2, 0) is 13.5 Å². The van der Waals surface area contributed by atoms with E-state index in [4.69, 9.17) is 5.73 Å². The third-order valence-corrected chi connectivity index (χ3v) is 2.03. The summed E-state index contributed by atoms with van der Waals surface area (Å²) in [5.74, 6) is 0. The van der Waals surface area contributed by atoms with E-state index < -0.39 is 0 Å². The summed E-state index contributed by atoms with van der Waals surface area (Å²) in [6, 6.07) is 0.168. The van der Waals surface area contributed by atoms with Crippen molar-refractivity contribution in [3.8, 4) is 0 Å². The van der Waals surface area contributed by atoms with Crippen molar-refractivity contribution < 1.29 is 0 Å². The summed E-state index contributed by atoms with van der Waals surface area (Å²) in [7, 11) is 1.90. The first-order chi connectivity index (χ1) is 5.09. The van der Waals surface area contributed by atoms with Crippen molar-refractivity contribution >= 4 is 15.9 Å². The van der Waals surface area contributed by atoms with Crippen LogP contribution in [0.1, 0.15) is 12.6 Å². The van der Waals surface area contributed by atoms with Gasteiger partial charge in [0.15, 0.2) is 0 Å². The molecule has 0 aliphatic rings.